The first kappa shape index (κ1) is 20.8. The fourth-order valence-corrected chi connectivity index (χ4v) is 3.67. The first-order chi connectivity index (χ1) is 13.6. The summed E-state index contributed by atoms with van der Waals surface area (Å²) in [5.74, 6) is 0.578. The van der Waals surface area contributed by atoms with Crippen LogP contribution in [0, 0.1) is 6.92 Å². The Kier molecular flexibility index (Phi) is 5.87. The van der Waals surface area contributed by atoms with Crippen molar-refractivity contribution in [2.45, 2.75) is 33.3 Å². The summed E-state index contributed by atoms with van der Waals surface area (Å²) in [6, 6.07) is 0. The lowest BCUT2D eigenvalue weighted by atomic mass is 10.2. The zero-order chi connectivity index (χ0) is 21.2. The normalized spacial score (nSPS) is 14.6. The van der Waals surface area contributed by atoms with Gasteiger partial charge in [-0.2, -0.15) is 0 Å². The van der Waals surface area contributed by atoms with Gasteiger partial charge < -0.3 is 19.6 Å². The number of piperazine rings is 1. The van der Waals surface area contributed by atoms with E-state index in [9.17, 15) is 9.59 Å². The van der Waals surface area contributed by atoms with Crippen molar-refractivity contribution in [1.29, 1.82) is 0 Å². The summed E-state index contributed by atoms with van der Waals surface area (Å²) in [4.78, 5) is 39.9. The molecule has 0 unspecified atom stereocenters. The third-order valence-electron chi connectivity index (χ3n) is 4.12. The van der Waals surface area contributed by atoms with Crippen LogP contribution in [0.25, 0.3) is 10.6 Å². The molecule has 11 heteroatoms. The van der Waals surface area contributed by atoms with Crippen molar-refractivity contribution in [2.75, 3.05) is 36.4 Å². The van der Waals surface area contributed by atoms with E-state index in [0.29, 0.717) is 53.4 Å². The Morgan fingerprint density at radius 2 is 1.79 bits per heavy atom. The van der Waals surface area contributed by atoms with Gasteiger partial charge in [0.25, 0.3) is 0 Å². The molecule has 1 aliphatic rings. The molecule has 0 saturated carbocycles. The molecule has 156 valence electrons. The Balaban J connectivity index is 1.62. The highest BCUT2D eigenvalue weighted by molar-refractivity contribution is 7.19. The maximum atomic E-state index is 12.2. The number of aryl methyl sites for hydroxylation is 1. The van der Waals surface area contributed by atoms with Gasteiger partial charge >= 0.3 is 12.2 Å². The predicted molar refractivity (Wildman–Crippen MR) is 110 cm³/mol. The minimum atomic E-state index is -1.12. The summed E-state index contributed by atoms with van der Waals surface area (Å²) in [5.41, 5.74) is 0.809. The lowest BCUT2D eigenvalue weighted by Crippen LogP contribution is -2.50. The second-order valence-corrected chi connectivity index (χ2v) is 8.59. The minimum Gasteiger partial charge on any atom is -0.465 e. The number of thiazole rings is 1. The summed E-state index contributed by atoms with van der Waals surface area (Å²) >= 11 is 1.24. The van der Waals surface area contributed by atoms with Crippen LogP contribution in [0.1, 0.15) is 26.5 Å². The number of anilines is 2. The molecule has 0 radical (unpaired) electrons. The summed E-state index contributed by atoms with van der Waals surface area (Å²) in [5, 5.41) is 12.3. The van der Waals surface area contributed by atoms with Gasteiger partial charge in [0.1, 0.15) is 15.6 Å². The van der Waals surface area contributed by atoms with Gasteiger partial charge in [-0.1, -0.05) is 11.3 Å². The number of amides is 2. The van der Waals surface area contributed by atoms with E-state index < -0.39 is 11.7 Å². The number of hydrogen-bond acceptors (Lipinski definition) is 8. The third kappa shape index (κ3) is 5.31. The molecule has 2 N–H and O–H groups in total. The van der Waals surface area contributed by atoms with Crippen molar-refractivity contribution in [2.24, 2.45) is 0 Å². The number of carbonyl (C=O) groups is 2. The summed E-state index contributed by atoms with van der Waals surface area (Å²) < 4.78 is 5.41. The van der Waals surface area contributed by atoms with Crippen LogP contribution in [0.3, 0.4) is 0 Å². The van der Waals surface area contributed by atoms with Crippen LogP contribution in [0.5, 0.6) is 0 Å². The number of rotatable bonds is 3. The molecule has 2 aromatic rings. The molecule has 1 saturated heterocycles. The van der Waals surface area contributed by atoms with E-state index in [4.69, 9.17) is 9.84 Å². The van der Waals surface area contributed by atoms with Gasteiger partial charge in [-0.15, -0.1) is 0 Å². The van der Waals surface area contributed by atoms with Crippen molar-refractivity contribution in [1.82, 2.24) is 19.9 Å². The summed E-state index contributed by atoms with van der Waals surface area (Å²) in [6.07, 6.45) is 1.91. The van der Waals surface area contributed by atoms with Crippen molar-refractivity contribution in [3.05, 3.63) is 18.1 Å². The van der Waals surface area contributed by atoms with Gasteiger partial charge in [0.15, 0.2) is 0 Å². The molecular formula is C18H24N6O4S. The van der Waals surface area contributed by atoms with Crippen LogP contribution in [-0.4, -0.2) is 68.9 Å². The smallest absolute Gasteiger partial charge is 0.410 e. The minimum absolute atomic E-state index is 0.307. The molecule has 0 aliphatic carbocycles. The van der Waals surface area contributed by atoms with Crippen molar-refractivity contribution in [3.8, 4) is 10.6 Å². The Labute approximate surface area is 172 Å². The van der Waals surface area contributed by atoms with Gasteiger partial charge in [-0.3, -0.25) is 5.32 Å². The molecule has 2 amide bonds. The first-order valence-electron chi connectivity index (χ1n) is 9.15. The fourth-order valence-electron chi connectivity index (χ4n) is 2.74. The van der Waals surface area contributed by atoms with E-state index in [1.54, 1.807) is 24.2 Å². The molecule has 29 heavy (non-hydrogen) atoms. The van der Waals surface area contributed by atoms with Crippen LogP contribution in [0.2, 0.25) is 0 Å². The van der Waals surface area contributed by atoms with E-state index >= 15 is 0 Å². The van der Waals surface area contributed by atoms with E-state index in [1.165, 1.54) is 11.3 Å². The lowest BCUT2D eigenvalue weighted by molar-refractivity contribution is 0.0240. The second kappa shape index (κ2) is 8.19. The summed E-state index contributed by atoms with van der Waals surface area (Å²) in [7, 11) is 0. The molecule has 10 nitrogen and oxygen atoms in total. The van der Waals surface area contributed by atoms with Crippen LogP contribution in [0.15, 0.2) is 12.4 Å². The third-order valence-corrected chi connectivity index (χ3v) is 5.24. The number of hydrogen-bond donors (Lipinski definition) is 2. The predicted octanol–water partition coefficient (Wildman–Crippen LogP) is 3.06. The van der Waals surface area contributed by atoms with Crippen LogP contribution in [0.4, 0.5) is 20.5 Å². The quantitative estimate of drug-likeness (QED) is 0.777. The first-order valence-corrected chi connectivity index (χ1v) is 9.97. The molecule has 3 rings (SSSR count). The zero-order valence-corrected chi connectivity index (χ0v) is 17.6. The second-order valence-electron chi connectivity index (χ2n) is 7.59. The maximum Gasteiger partial charge on any atom is 0.410 e. The van der Waals surface area contributed by atoms with Gasteiger partial charge in [-0.05, 0) is 27.7 Å². The number of nitrogens with zero attached hydrogens (tertiary/aromatic N) is 5. The van der Waals surface area contributed by atoms with Crippen molar-refractivity contribution in [3.63, 3.8) is 0 Å². The molecule has 1 aliphatic heterocycles. The molecule has 0 atom stereocenters. The largest absolute Gasteiger partial charge is 0.465 e. The van der Waals surface area contributed by atoms with Gasteiger partial charge in [0.2, 0.25) is 5.95 Å². The topological polar surface area (TPSA) is 121 Å². The number of nitrogens with one attached hydrogen (secondary N) is 1. The summed E-state index contributed by atoms with van der Waals surface area (Å²) in [6.45, 7) is 9.59. The SMILES string of the molecule is Cc1nc(-c2cnc(N3CCN(C(=O)OC(C)(C)C)CC3)nc2)sc1NC(=O)O. The lowest BCUT2D eigenvalue weighted by Gasteiger charge is -2.35. The Morgan fingerprint density at radius 1 is 1.17 bits per heavy atom. The molecule has 2 aromatic heterocycles. The highest BCUT2D eigenvalue weighted by atomic mass is 32.1. The zero-order valence-electron chi connectivity index (χ0n) is 16.8. The number of ether oxygens (including phenoxy) is 1. The van der Waals surface area contributed by atoms with Gasteiger partial charge in [-0.25, -0.2) is 24.5 Å². The Morgan fingerprint density at radius 3 is 2.34 bits per heavy atom. The standard InChI is InChI=1S/C18H24N6O4S/c1-11-13(22-16(25)26)29-14(21-11)12-9-19-15(20-10-12)23-5-7-24(8-6-23)17(27)28-18(2,3)4/h9-10,22H,5-8H2,1-4H3,(H,25,26). The number of aromatic nitrogens is 3. The van der Waals surface area contributed by atoms with Crippen molar-refractivity contribution < 1.29 is 19.4 Å². The monoisotopic (exact) mass is 420 g/mol. The van der Waals surface area contributed by atoms with Crippen LogP contribution < -0.4 is 10.2 Å². The van der Waals surface area contributed by atoms with Gasteiger partial charge in [0.05, 0.1) is 5.69 Å². The molecule has 0 bridgehead atoms. The number of carboxylic acid groups (broad SMARTS) is 1. The fraction of sp³-hybridized carbons (Fsp3) is 0.500. The Bertz CT molecular complexity index is 885. The molecular weight excluding hydrogens is 396 g/mol. The molecule has 0 spiro atoms. The molecule has 1 fully saturated rings. The average molecular weight is 420 g/mol. The van der Waals surface area contributed by atoms with E-state index in [2.05, 4.69) is 20.3 Å². The van der Waals surface area contributed by atoms with Crippen LogP contribution >= 0.6 is 11.3 Å². The maximum absolute atomic E-state index is 12.2. The highest BCUT2D eigenvalue weighted by Crippen LogP contribution is 2.31. The van der Waals surface area contributed by atoms with Gasteiger partial charge in [0, 0.05) is 44.1 Å². The highest BCUT2D eigenvalue weighted by Gasteiger charge is 2.26. The van der Waals surface area contributed by atoms with E-state index in [1.807, 2.05) is 25.7 Å². The molecule has 0 aromatic carbocycles. The number of carbonyl (C=O) groups excluding carboxylic acids is 1. The van der Waals surface area contributed by atoms with Crippen molar-refractivity contribution >= 4 is 34.5 Å². The van der Waals surface area contributed by atoms with E-state index in [-0.39, 0.29) is 6.09 Å². The van der Waals surface area contributed by atoms with Crippen LogP contribution in [-0.2, 0) is 4.74 Å². The van der Waals surface area contributed by atoms with E-state index in [0.717, 1.165) is 0 Å². The molecule has 3 heterocycles. The Hall–Kier alpha value is -2.95. The average Bonchev–Trinajstić information content (AvgIpc) is 3.00.